The highest BCUT2D eigenvalue weighted by atomic mass is 35.5. The van der Waals surface area contributed by atoms with Gasteiger partial charge in [0.25, 0.3) is 11.8 Å². The second kappa shape index (κ2) is 7.12. The van der Waals surface area contributed by atoms with Crippen LogP contribution in [0.25, 0.3) is 11.5 Å². The van der Waals surface area contributed by atoms with Crippen molar-refractivity contribution >= 4 is 17.5 Å². The van der Waals surface area contributed by atoms with Crippen molar-refractivity contribution in [3.05, 3.63) is 70.3 Å². The van der Waals surface area contributed by atoms with Crippen LogP contribution >= 0.6 is 11.6 Å². The fraction of sp³-hybridized carbons (Fsp3) is 0.250. The second-order valence-corrected chi connectivity index (χ2v) is 7.00. The molecule has 0 saturated heterocycles. The summed E-state index contributed by atoms with van der Waals surface area (Å²) >= 11 is 6.14. The maximum atomic E-state index is 14.2. The standard InChI is InChI=1S/C20H17ClFN3O2/c1-12-23-19(27-24-12)13-5-7-14(8-6-13)20(26)25(15-9-10-15)11-16-17(21)3-2-4-18(16)22/h2-8,15H,9-11H2,1H3. The van der Waals surface area contributed by atoms with Crippen LogP contribution in [0.4, 0.5) is 4.39 Å². The molecule has 0 N–H and O–H groups in total. The van der Waals surface area contributed by atoms with Gasteiger partial charge in [0.15, 0.2) is 5.82 Å². The molecule has 0 aliphatic heterocycles. The summed E-state index contributed by atoms with van der Waals surface area (Å²) in [6.45, 7) is 1.89. The Morgan fingerprint density at radius 1 is 1.26 bits per heavy atom. The van der Waals surface area contributed by atoms with E-state index in [-0.39, 0.29) is 18.5 Å². The highest BCUT2D eigenvalue weighted by molar-refractivity contribution is 6.31. The molecule has 1 aliphatic rings. The summed E-state index contributed by atoms with van der Waals surface area (Å²) in [4.78, 5) is 18.9. The zero-order chi connectivity index (χ0) is 19.0. The van der Waals surface area contributed by atoms with Gasteiger partial charge in [-0.05, 0) is 56.2 Å². The Morgan fingerprint density at radius 3 is 2.59 bits per heavy atom. The molecular weight excluding hydrogens is 369 g/mol. The van der Waals surface area contributed by atoms with Crippen molar-refractivity contribution in [2.24, 2.45) is 0 Å². The van der Waals surface area contributed by atoms with Crippen LogP contribution < -0.4 is 0 Å². The maximum absolute atomic E-state index is 14.2. The lowest BCUT2D eigenvalue weighted by molar-refractivity contribution is 0.0728. The van der Waals surface area contributed by atoms with Crippen LogP contribution in [-0.4, -0.2) is 27.0 Å². The summed E-state index contributed by atoms with van der Waals surface area (Å²) < 4.78 is 19.3. The number of hydrogen-bond donors (Lipinski definition) is 0. The van der Waals surface area contributed by atoms with E-state index in [9.17, 15) is 9.18 Å². The van der Waals surface area contributed by atoms with Crippen LogP contribution in [-0.2, 0) is 6.54 Å². The smallest absolute Gasteiger partial charge is 0.257 e. The normalized spacial score (nSPS) is 13.6. The van der Waals surface area contributed by atoms with E-state index < -0.39 is 5.82 Å². The molecule has 138 valence electrons. The number of nitrogens with zero attached hydrogens (tertiary/aromatic N) is 3. The SMILES string of the molecule is Cc1noc(-c2ccc(C(=O)N(Cc3c(F)cccc3Cl)C3CC3)cc2)n1. The van der Waals surface area contributed by atoms with Gasteiger partial charge in [-0.3, -0.25) is 4.79 Å². The number of hydrogen-bond acceptors (Lipinski definition) is 4. The minimum atomic E-state index is -0.400. The van der Waals surface area contributed by atoms with E-state index in [1.54, 1.807) is 48.2 Å². The Bertz CT molecular complexity index is 963. The first-order valence-corrected chi connectivity index (χ1v) is 9.05. The molecule has 27 heavy (non-hydrogen) atoms. The van der Waals surface area contributed by atoms with Gasteiger partial charge in [0.05, 0.1) is 6.54 Å². The van der Waals surface area contributed by atoms with Gasteiger partial charge in [0, 0.05) is 27.8 Å². The Morgan fingerprint density at radius 2 is 2.00 bits per heavy atom. The molecule has 7 heteroatoms. The van der Waals surface area contributed by atoms with Crippen molar-refractivity contribution in [2.45, 2.75) is 32.4 Å². The molecule has 2 aromatic carbocycles. The molecule has 3 aromatic rings. The molecule has 1 aromatic heterocycles. The number of amides is 1. The highest BCUT2D eigenvalue weighted by Gasteiger charge is 2.34. The Hall–Kier alpha value is -2.73. The van der Waals surface area contributed by atoms with Crippen molar-refractivity contribution < 1.29 is 13.7 Å². The minimum Gasteiger partial charge on any atom is -0.334 e. The molecule has 1 fully saturated rings. The van der Waals surface area contributed by atoms with Crippen molar-refractivity contribution in [3.63, 3.8) is 0 Å². The fourth-order valence-corrected chi connectivity index (χ4v) is 3.16. The maximum Gasteiger partial charge on any atom is 0.257 e. The van der Waals surface area contributed by atoms with Crippen LogP contribution in [0.5, 0.6) is 0 Å². The van der Waals surface area contributed by atoms with Crippen LogP contribution in [0.15, 0.2) is 47.0 Å². The number of rotatable bonds is 5. The number of carbonyl (C=O) groups excluding carboxylic acids is 1. The van der Waals surface area contributed by atoms with Gasteiger partial charge < -0.3 is 9.42 Å². The topological polar surface area (TPSA) is 59.2 Å². The van der Waals surface area contributed by atoms with Gasteiger partial charge >= 0.3 is 0 Å². The Kier molecular flexibility index (Phi) is 4.66. The van der Waals surface area contributed by atoms with Crippen molar-refractivity contribution in [2.75, 3.05) is 0 Å². The summed E-state index contributed by atoms with van der Waals surface area (Å²) in [5.41, 5.74) is 1.61. The van der Waals surface area contributed by atoms with Gasteiger partial charge in [-0.2, -0.15) is 4.98 Å². The molecule has 0 spiro atoms. The van der Waals surface area contributed by atoms with Crippen molar-refractivity contribution in [1.29, 1.82) is 0 Å². The largest absolute Gasteiger partial charge is 0.334 e. The molecule has 1 aliphatic carbocycles. The first kappa shape index (κ1) is 17.7. The minimum absolute atomic E-state index is 0.117. The third-order valence-electron chi connectivity index (χ3n) is 4.55. The molecule has 4 rings (SSSR count). The number of benzene rings is 2. The van der Waals surface area contributed by atoms with Gasteiger partial charge in [0.1, 0.15) is 5.82 Å². The third kappa shape index (κ3) is 3.71. The Labute approximate surface area is 160 Å². The summed E-state index contributed by atoms with van der Waals surface area (Å²) in [6, 6.07) is 11.6. The molecule has 0 unspecified atom stereocenters. The second-order valence-electron chi connectivity index (χ2n) is 6.59. The fourth-order valence-electron chi connectivity index (χ4n) is 2.94. The number of aryl methyl sites for hydroxylation is 1. The van der Waals surface area contributed by atoms with E-state index in [1.165, 1.54) is 6.07 Å². The van der Waals surface area contributed by atoms with Crippen LogP contribution in [0.1, 0.15) is 34.6 Å². The first-order valence-electron chi connectivity index (χ1n) is 8.67. The quantitative estimate of drug-likeness (QED) is 0.641. The van der Waals surface area contributed by atoms with Crippen molar-refractivity contribution in [1.82, 2.24) is 15.0 Å². The average Bonchev–Trinajstić information content (AvgIpc) is 3.41. The van der Waals surface area contributed by atoms with E-state index in [0.717, 1.165) is 18.4 Å². The van der Waals surface area contributed by atoms with E-state index >= 15 is 0 Å². The lowest BCUT2D eigenvalue weighted by Gasteiger charge is -2.23. The van der Waals surface area contributed by atoms with Crippen molar-refractivity contribution in [3.8, 4) is 11.5 Å². The summed E-state index contributed by atoms with van der Waals surface area (Å²) in [7, 11) is 0. The number of aromatic nitrogens is 2. The molecule has 1 saturated carbocycles. The lowest BCUT2D eigenvalue weighted by Crippen LogP contribution is -2.33. The molecule has 1 amide bonds. The Balaban J connectivity index is 1.57. The zero-order valence-corrected chi connectivity index (χ0v) is 15.4. The highest BCUT2D eigenvalue weighted by Crippen LogP contribution is 2.32. The average molecular weight is 386 g/mol. The molecule has 0 atom stereocenters. The lowest BCUT2D eigenvalue weighted by atomic mass is 10.1. The van der Waals surface area contributed by atoms with Gasteiger partial charge in [-0.25, -0.2) is 4.39 Å². The number of carbonyl (C=O) groups is 1. The van der Waals surface area contributed by atoms with E-state index in [4.69, 9.17) is 16.1 Å². The summed E-state index contributed by atoms with van der Waals surface area (Å²) in [5.74, 6) is 0.406. The van der Waals surface area contributed by atoms with Gasteiger partial charge in [-0.1, -0.05) is 22.8 Å². The van der Waals surface area contributed by atoms with Gasteiger partial charge in [0.2, 0.25) is 0 Å². The van der Waals surface area contributed by atoms with E-state index in [1.807, 2.05) is 0 Å². The van der Waals surface area contributed by atoms with Crippen LogP contribution in [0.3, 0.4) is 0 Å². The molecule has 1 heterocycles. The summed E-state index contributed by atoms with van der Waals surface area (Å²) in [6.07, 6.45) is 1.83. The zero-order valence-electron chi connectivity index (χ0n) is 14.7. The first-order chi connectivity index (χ1) is 13.0. The number of halogens is 2. The molecule has 0 radical (unpaired) electrons. The van der Waals surface area contributed by atoms with Crippen LogP contribution in [0.2, 0.25) is 5.02 Å². The molecule has 0 bridgehead atoms. The van der Waals surface area contributed by atoms with E-state index in [0.29, 0.717) is 27.9 Å². The third-order valence-corrected chi connectivity index (χ3v) is 4.90. The monoisotopic (exact) mass is 385 g/mol. The van der Waals surface area contributed by atoms with E-state index in [2.05, 4.69) is 10.1 Å². The molecular formula is C20H17ClFN3O2. The predicted octanol–water partition coefficient (Wildman–Crippen LogP) is 4.64. The summed E-state index contributed by atoms with van der Waals surface area (Å²) in [5, 5.41) is 4.09. The van der Waals surface area contributed by atoms with Crippen LogP contribution in [0, 0.1) is 12.7 Å². The molecule has 5 nitrogen and oxygen atoms in total. The predicted molar refractivity (Wildman–Crippen MR) is 98.8 cm³/mol. The van der Waals surface area contributed by atoms with Gasteiger partial charge in [-0.15, -0.1) is 0 Å².